The highest BCUT2D eigenvalue weighted by Gasteiger charge is 2.28. The zero-order valence-corrected chi connectivity index (χ0v) is 12.6. The molecule has 0 spiro atoms. The Balaban J connectivity index is 1.95. The Hall–Kier alpha value is -1.40. The van der Waals surface area contributed by atoms with E-state index in [0.29, 0.717) is 25.0 Å². The van der Waals surface area contributed by atoms with Crippen molar-refractivity contribution in [2.45, 2.75) is 39.4 Å². The van der Waals surface area contributed by atoms with Crippen LogP contribution in [0.4, 0.5) is 0 Å². The second-order valence-corrected chi connectivity index (χ2v) is 5.48. The summed E-state index contributed by atoms with van der Waals surface area (Å²) in [5.41, 5.74) is 0.654. The van der Waals surface area contributed by atoms with Crippen molar-refractivity contribution in [3.8, 4) is 11.8 Å². The molecule has 2 rings (SSSR count). The number of aromatic nitrogens is 2. The molecule has 1 aliphatic heterocycles. The van der Waals surface area contributed by atoms with E-state index in [-0.39, 0.29) is 11.7 Å². The average Bonchev–Trinajstić information content (AvgIpc) is 2.39. The van der Waals surface area contributed by atoms with E-state index in [1.54, 1.807) is 0 Å². The number of hydrogen-bond acceptors (Lipinski definition) is 6. The molecule has 1 aromatic heterocycles. The van der Waals surface area contributed by atoms with Crippen LogP contribution in [0.15, 0.2) is 6.33 Å². The summed E-state index contributed by atoms with van der Waals surface area (Å²) < 4.78 is 17.1. The van der Waals surface area contributed by atoms with E-state index < -0.39 is 0 Å². The maximum absolute atomic E-state index is 5.95. The van der Waals surface area contributed by atoms with Gasteiger partial charge in [-0.2, -0.15) is 0 Å². The van der Waals surface area contributed by atoms with Gasteiger partial charge in [-0.3, -0.25) is 0 Å². The van der Waals surface area contributed by atoms with Crippen LogP contribution in [0.5, 0.6) is 11.8 Å². The van der Waals surface area contributed by atoms with Gasteiger partial charge in [0.2, 0.25) is 11.8 Å². The van der Waals surface area contributed by atoms with Crippen LogP contribution in [0.1, 0.15) is 26.3 Å². The lowest BCUT2D eigenvalue weighted by atomic mass is 10.1. The Kier molecular flexibility index (Phi) is 4.77. The third-order valence-electron chi connectivity index (χ3n) is 3.09. The lowest BCUT2D eigenvalue weighted by molar-refractivity contribution is -0.107. The molecule has 0 radical (unpaired) electrons. The van der Waals surface area contributed by atoms with Crippen LogP contribution in [-0.4, -0.2) is 48.0 Å². The molecular formula is C14H23N3O3. The molecular weight excluding hydrogens is 258 g/mol. The van der Waals surface area contributed by atoms with Crippen LogP contribution < -0.4 is 14.8 Å². The monoisotopic (exact) mass is 281 g/mol. The Morgan fingerprint density at radius 3 is 2.70 bits per heavy atom. The lowest BCUT2D eigenvalue weighted by Crippen LogP contribution is -2.52. The molecule has 112 valence electrons. The van der Waals surface area contributed by atoms with Crippen molar-refractivity contribution in [1.29, 1.82) is 0 Å². The first-order chi connectivity index (χ1) is 9.52. The molecule has 1 aromatic rings. The molecule has 0 saturated carbocycles. The maximum atomic E-state index is 5.95. The van der Waals surface area contributed by atoms with E-state index in [4.69, 9.17) is 14.2 Å². The number of ether oxygens (including phenoxy) is 3. The van der Waals surface area contributed by atoms with Gasteiger partial charge in [-0.05, 0) is 27.7 Å². The number of morpholine rings is 1. The Labute approximate surface area is 119 Å². The highest BCUT2D eigenvalue weighted by molar-refractivity contribution is 5.32. The second-order valence-electron chi connectivity index (χ2n) is 5.48. The van der Waals surface area contributed by atoms with Crippen LogP contribution in [0.25, 0.3) is 0 Å². The summed E-state index contributed by atoms with van der Waals surface area (Å²) in [6.07, 6.45) is 1.47. The van der Waals surface area contributed by atoms with Crippen molar-refractivity contribution in [2.75, 3.05) is 26.3 Å². The molecule has 0 bridgehead atoms. The van der Waals surface area contributed by atoms with Gasteiger partial charge in [0.1, 0.15) is 19.0 Å². The molecule has 1 saturated heterocycles. The van der Waals surface area contributed by atoms with Gasteiger partial charge in [0, 0.05) is 13.1 Å². The fraction of sp³-hybridized carbons (Fsp3) is 0.714. The third-order valence-corrected chi connectivity index (χ3v) is 3.09. The zero-order chi connectivity index (χ0) is 14.6. The number of nitrogens with one attached hydrogen (secondary N) is 1. The van der Waals surface area contributed by atoms with Crippen LogP contribution in [0, 0.1) is 6.92 Å². The molecule has 6 heteroatoms. The summed E-state index contributed by atoms with van der Waals surface area (Å²) in [7, 11) is 0. The average molecular weight is 281 g/mol. The largest absolute Gasteiger partial charge is 0.478 e. The van der Waals surface area contributed by atoms with Crippen molar-refractivity contribution < 1.29 is 14.2 Å². The van der Waals surface area contributed by atoms with Gasteiger partial charge in [-0.1, -0.05) is 0 Å². The molecule has 1 unspecified atom stereocenters. The van der Waals surface area contributed by atoms with Gasteiger partial charge in [-0.25, -0.2) is 9.97 Å². The van der Waals surface area contributed by atoms with Crippen LogP contribution >= 0.6 is 0 Å². The lowest BCUT2D eigenvalue weighted by Gasteiger charge is -2.36. The highest BCUT2D eigenvalue weighted by Crippen LogP contribution is 2.23. The standard InChI is InChI=1S/C14H23N3O3/c1-5-18-12-10(2)13(17-9-16-12)19-7-11-6-15-8-14(3,4)20-11/h9,11,15H,5-8H2,1-4H3. The molecule has 0 amide bonds. The van der Waals surface area contributed by atoms with Crippen LogP contribution in [-0.2, 0) is 4.74 Å². The summed E-state index contributed by atoms with van der Waals surface area (Å²) >= 11 is 0. The van der Waals surface area contributed by atoms with E-state index in [1.807, 2.05) is 13.8 Å². The number of rotatable bonds is 5. The first-order valence-corrected chi connectivity index (χ1v) is 6.97. The second kappa shape index (κ2) is 6.37. The van der Waals surface area contributed by atoms with E-state index >= 15 is 0 Å². The summed E-state index contributed by atoms with van der Waals surface area (Å²) in [4.78, 5) is 8.24. The molecule has 0 aliphatic carbocycles. The molecule has 1 fully saturated rings. The molecule has 0 aromatic carbocycles. The molecule has 20 heavy (non-hydrogen) atoms. The molecule has 6 nitrogen and oxygen atoms in total. The van der Waals surface area contributed by atoms with Gasteiger partial charge in [-0.15, -0.1) is 0 Å². The van der Waals surface area contributed by atoms with Crippen molar-refractivity contribution in [3.05, 3.63) is 11.9 Å². The summed E-state index contributed by atoms with van der Waals surface area (Å²) in [5.74, 6) is 1.12. The molecule has 1 aliphatic rings. The number of nitrogens with zero attached hydrogens (tertiary/aromatic N) is 2. The Morgan fingerprint density at radius 1 is 1.35 bits per heavy atom. The van der Waals surface area contributed by atoms with E-state index in [0.717, 1.165) is 18.7 Å². The molecule has 1 N–H and O–H groups in total. The van der Waals surface area contributed by atoms with Gasteiger partial charge < -0.3 is 19.5 Å². The zero-order valence-electron chi connectivity index (χ0n) is 12.6. The molecule has 1 atom stereocenters. The quantitative estimate of drug-likeness (QED) is 0.878. The third kappa shape index (κ3) is 3.80. The van der Waals surface area contributed by atoms with Gasteiger partial charge >= 0.3 is 0 Å². The van der Waals surface area contributed by atoms with Crippen molar-refractivity contribution in [2.24, 2.45) is 0 Å². The van der Waals surface area contributed by atoms with E-state index in [9.17, 15) is 0 Å². The van der Waals surface area contributed by atoms with Gasteiger partial charge in [0.05, 0.1) is 17.8 Å². The summed E-state index contributed by atoms with van der Waals surface area (Å²) in [5, 5.41) is 3.35. The van der Waals surface area contributed by atoms with Crippen molar-refractivity contribution in [1.82, 2.24) is 15.3 Å². The fourth-order valence-corrected chi connectivity index (χ4v) is 2.18. The van der Waals surface area contributed by atoms with Gasteiger partial charge in [0.25, 0.3) is 0 Å². The fourth-order valence-electron chi connectivity index (χ4n) is 2.18. The highest BCUT2D eigenvalue weighted by atomic mass is 16.6. The van der Waals surface area contributed by atoms with Crippen LogP contribution in [0.2, 0.25) is 0 Å². The van der Waals surface area contributed by atoms with Gasteiger partial charge in [0.15, 0.2) is 0 Å². The summed E-state index contributed by atoms with van der Waals surface area (Å²) in [6, 6.07) is 0. The van der Waals surface area contributed by atoms with E-state index in [2.05, 4.69) is 29.1 Å². The minimum absolute atomic E-state index is 0.0173. The minimum atomic E-state index is -0.163. The Bertz CT molecular complexity index is 451. The Morgan fingerprint density at radius 2 is 2.05 bits per heavy atom. The number of hydrogen-bond donors (Lipinski definition) is 1. The smallest absolute Gasteiger partial charge is 0.223 e. The predicted molar refractivity (Wildman–Crippen MR) is 75.3 cm³/mol. The van der Waals surface area contributed by atoms with Crippen molar-refractivity contribution >= 4 is 0 Å². The maximum Gasteiger partial charge on any atom is 0.223 e. The van der Waals surface area contributed by atoms with E-state index in [1.165, 1.54) is 6.33 Å². The SMILES string of the molecule is CCOc1ncnc(OCC2CNCC(C)(C)O2)c1C. The normalized spacial score (nSPS) is 21.5. The minimum Gasteiger partial charge on any atom is -0.478 e. The first-order valence-electron chi connectivity index (χ1n) is 6.97. The first kappa shape index (κ1) is 15.0. The molecule has 2 heterocycles. The van der Waals surface area contributed by atoms with Crippen molar-refractivity contribution in [3.63, 3.8) is 0 Å². The van der Waals surface area contributed by atoms with Crippen LogP contribution in [0.3, 0.4) is 0 Å². The topological polar surface area (TPSA) is 65.5 Å². The summed E-state index contributed by atoms with van der Waals surface area (Å²) in [6.45, 7) is 10.6. The predicted octanol–water partition coefficient (Wildman–Crippen LogP) is 1.33.